The Bertz CT molecular complexity index is 2230. The van der Waals surface area contributed by atoms with E-state index in [4.69, 9.17) is 14.8 Å². The Morgan fingerprint density at radius 3 is 2.30 bits per heavy atom. The molecule has 0 saturated heterocycles. The van der Waals surface area contributed by atoms with Gasteiger partial charge in [-0.2, -0.15) is 5.10 Å². The number of nitrogens with zero attached hydrogens (tertiary/aromatic N) is 4. The molecule has 0 amide bonds. The van der Waals surface area contributed by atoms with Gasteiger partial charge in [0.2, 0.25) is 0 Å². The Balaban J connectivity index is 1.30. The molecule has 7 rings (SSSR count). The maximum atomic E-state index is 6.57. The van der Waals surface area contributed by atoms with Gasteiger partial charge in [0, 0.05) is 40.4 Å². The van der Waals surface area contributed by atoms with E-state index in [1.807, 2.05) is 29.1 Å². The fraction of sp³-hybridized carbons (Fsp3) is 0.238. The number of aromatic nitrogens is 4. The fourth-order valence-electron chi connectivity index (χ4n) is 6.72. The quantitative estimate of drug-likeness (QED) is 0.178. The predicted octanol–water partition coefficient (Wildman–Crippen LogP) is 11.2. The first-order valence-electron chi connectivity index (χ1n) is 16.5. The molecule has 0 unspecified atom stereocenters. The van der Waals surface area contributed by atoms with Crippen molar-refractivity contribution in [3.05, 3.63) is 132 Å². The summed E-state index contributed by atoms with van der Waals surface area (Å²) in [7, 11) is 0. The topological polar surface area (TPSA) is 44.9 Å². The molecule has 4 aromatic carbocycles. The molecule has 7 aromatic rings. The van der Waals surface area contributed by atoms with E-state index in [1.54, 1.807) is 0 Å². The Kier molecular flexibility index (Phi) is 7.71. The van der Waals surface area contributed by atoms with Crippen LogP contribution in [0.2, 0.25) is 0 Å². The molecule has 47 heavy (non-hydrogen) atoms. The first-order valence-corrected chi connectivity index (χ1v) is 16.5. The van der Waals surface area contributed by atoms with E-state index in [-0.39, 0.29) is 5.41 Å². The van der Waals surface area contributed by atoms with Gasteiger partial charge in [-0.1, -0.05) is 77.1 Å². The average Bonchev–Trinajstić information content (AvgIpc) is 3.53. The summed E-state index contributed by atoms with van der Waals surface area (Å²) in [4.78, 5) is 4.88. The summed E-state index contributed by atoms with van der Waals surface area (Å²) in [6, 6.07) is 36.2. The number of benzene rings is 4. The number of hydrogen-bond acceptors (Lipinski definition) is 3. The minimum absolute atomic E-state index is 0.178. The molecule has 3 heterocycles. The van der Waals surface area contributed by atoms with Crippen molar-refractivity contribution in [2.24, 2.45) is 5.41 Å². The maximum absolute atomic E-state index is 6.57. The first kappa shape index (κ1) is 30.5. The lowest BCUT2D eigenvalue weighted by molar-refractivity contribution is 0.411. The van der Waals surface area contributed by atoms with E-state index in [0.717, 1.165) is 57.4 Å². The van der Waals surface area contributed by atoms with Crippen LogP contribution in [0.5, 0.6) is 11.5 Å². The molecule has 3 aromatic heterocycles. The largest absolute Gasteiger partial charge is 0.457 e. The highest BCUT2D eigenvalue weighted by atomic mass is 16.5. The van der Waals surface area contributed by atoms with Crippen LogP contribution in [0, 0.1) is 19.3 Å². The van der Waals surface area contributed by atoms with Gasteiger partial charge < -0.3 is 4.74 Å². The number of aryl methyl sites for hydroxylation is 1. The van der Waals surface area contributed by atoms with Crippen LogP contribution in [0.3, 0.4) is 0 Å². The molecule has 0 spiro atoms. The van der Waals surface area contributed by atoms with Crippen LogP contribution in [0.4, 0.5) is 0 Å². The van der Waals surface area contributed by atoms with E-state index >= 15 is 0 Å². The molecule has 236 valence electrons. The fourth-order valence-corrected chi connectivity index (χ4v) is 6.72. The van der Waals surface area contributed by atoms with Gasteiger partial charge in [-0.3, -0.25) is 4.57 Å². The van der Waals surface area contributed by atoms with Crippen LogP contribution in [-0.2, 0) is 6.42 Å². The zero-order valence-electron chi connectivity index (χ0n) is 28.4. The Labute approximate surface area is 277 Å². The summed E-state index contributed by atoms with van der Waals surface area (Å²) in [6.07, 6.45) is 2.91. The van der Waals surface area contributed by atoms with Gasteiger partial charge in [0.05, 0.1) is 22.4 Å². The monoisotopic (exact) mass is 618 g/mol. The molecule has 5 nitrogen and oxygen atoms in total. The zero-order chi connectivity index (χ0) is 32.9. The molecule has 0 bridgehead atoms. The van der Waals surface area contributed by atoms with Crippen LogP contribution >= 0.6 is 0 Å². The van der Waals surface area contributed by atoms with Gasteiger partial charge in [-0.25, -0.2) is 9.67 Å². The summed E-state index contributed by atoms with van der Waals surface area (Å²) in [5, 5.41) is 7.32. The van der Waals surface area contributed by atoms with Gasteiger partial charge in [-0.15, -0.1) is 0 Å². The van der Waals surface area contributed by atoms with Crippen LogP contribution in [0.15, 0.2) is 109 Å². The normalized spacial score (nSPS) is 12.0. The third-order valence-corrected chi connectivity index (χ3v) is 8.85. The lowest BCUT2D eigenvalue weighted by atomic mass is 9.88. The third-order valence-electron chi connectivity index (χ3n) is 8.85. The Morgan fingerprint density at radius 2 is 1.53 bits per heavy atom. The second kappa shape index (κ2) is 11.9. The van der Waals surface area contributed by atoms with E-state index in [9.17, 15) is 0 Å². The minimum atomic E-state index is 0.178. The second-order valence-corrected chi connectivity index (χ2v) is 14.1. The van der Waals surface area contributed by atoms with E-state index in [0.29, 0.717) is 5.92 Å². The van der Waals surface area contributed by atoms with Crippen molar-refractivity contribution < 1.29 is 4.74 Å². The number of ether oxygens (including phenoxy) is 1. The zero-order valence-corrected chi connectivity index (χ0v) is 28.4. The summed E-state index contributed by atoms with van der Waals surface area (Å²) in [5.41, 5.74) is 10.4. The molecule has 0 aliphatic rings. The van der Waals surface area contributed by atoms with Crippen LogP contribution in [-0.4, -0.2) is 19.3 Å². The van der Waals surface area contributed by atoms with Gasteiger partial charge >= 0.3 is 0 Å². The molecule has 0 N–H and O–H groups in total. The Hall–Kier alpha value is -5.16. The molecule has 0 aliphatic heterocycles. The first-order chi connectivity index (χ1) is 22.6. The highest BCUT2D eigenvalue weighted by molar-refractivity contribution is 6.09. The lowest BCUT2D eigenvalue weighted by Crippen LogP contribution is -2.10. The van der Waals surface area contributed by atoms with Crippen molar-refractivity contribution in [3.8, 4) is 34.1 Å². The summed E-state index contributed by atoms with van der Waals surface area (Å²) in [6.45, 7) is 15.5. The summed E-state index contributed by atoms with van der Waals surface area (Å²) < 4.78 is 10.9. The number of hydrogen-bond donors (Lipinski definition) is 0. The van der Waals surface area contributed by atoms with Crippen molar-refractivity contribution >= 4 is 21.8 Å². The van der Waals surface area contributed by atoms with Crippen molar-refractivity contribution in [1.82, 2.24) is 19.3 Å². The number of rotatable bonds is 7. The molecule has 0 fully saturated rings. The van der Waals surface area contributed by atoms with Crippen molar-refractivity contribution in [3.63, 3.8) is 0 Å². The molecule has 0 atom stereocenters. The highest BCUT2D eigenvalue weighted by Gasteiger charge is 2.19. The standard InChI is InChI=1S/C42H42N4O/c1-27(2)32-16-19-38-37(23-32)36-18-17-35(25-39(36)45(38)40-22-30(20-21-43-40)26-42(5,6)7)47-34-15-11-14-33(24-34)46-29(4)41(28(3)44-46)31-12-9-8-10-13-31/h8-25,27H,26H2,1-7H3. The van der Waals surface area contributed by atoms with Gasteiger partial charge in [0.1, 0.15) is 17.3 Å². The maximum Gasteiger partial charge on any atom is 0.137 e. The van der Waals surface area contributed by atoms with E-state index in [2.05, 4.69) is 138 Å². The molecule has 5 heteroatoms. The second-order valence-electron chi connectivity index (χ2n) is 14.1. The highest BCUT2D eigenvalue weighted by Crippen LogP contribution is 2.37. The SMILES string of the molecule is Cc1nn(-c2cccc(Oc3ccc4c5cc(C(C)C)ccc5n(-c5cc(CC(C)(C)C)ccn5)c4c3)c2)c(C)c1-c1ccccc1. The lowest BCUT2D eigenvalue weighted by Gasteiger charge is -2.18. The third kappa shape index (κ3) is 5.94. The summed E-state index contributed by atoms with van der Waals surface area (Å²) in [5.74, 6) is 2.88. The average molecular weight is 619 g/mol. The van der Waals surface area contributed by atoms with E-state index in [1.165, 1.54) is 27.5 Å². The van der Waals surface area contributed by atoms with Crippen molar-refractivity contribution in [2.75, 3.05) is 0 Å². The number of pyridine rings is 1. The van der Waals surface area contributed by atoms with Crippen molar-refractivity contribution in [2.45, 2.75) is 60.8 Å². The molecule has 0 saturated carbocycles. The molecular formula is C42H42N4O. The van der Waals surface area contributed by atoms with Crippen LogP contribution in [0.25, 0.3) is 44.4 Å². The van der Waals surface area contributed by atoms with E-state index < -0.39 is 0 Å². The van der Waals surface area contributed by atoms with Gasteiger partial charge in [0.15, 0.2) is 0 Å². The Morgan fingerprint density at radius 1 is 0.745 bits per heavy atom. The van der Waals surface area contributed by atoms with Crippen molar-refractivity contribution in [1.29, 1.82) is 0 Å². The molecular weight excluding hydrogens is 576 g/mol. The summed E-state index contributed by atoms with van der Waals surface area (Å²) >= 11 is 0. The molecule has 0 radical (unpaired) electrons. The molecule has 0 aliphatic carbocycles. The number of fused-ring (bicyclic) bond motifs is 3. The van der Waals surface area contributed by atoms with Gasteiger partial charge in [0.25, 0.3) is 0 Å². The minimum Gasteiger partial charge on any atom is -0.457 e. The van der Waals surface area contributed by atoms with Gasteiger partial charge in [-0.05, 0) is 96.8 Å². The predicted molar refractivity (Wildman–Crippen MR) is 194 cm³/mol. The van der Waals surface area contributed by atoms with Crippen LogP contribution < -0.4 is 4.74 Å². The van der Waals surface area contributed by atoms with Crippen LogP contribution in [0.1, 0.15) is 63.1 Å². The smallest absolute Gasteiger partial charge is 0.137 e.